The van der Waals surface area contributed by atoms with Crippen molar-refractivity contribution >= 4 is 5.69 Å². The minimum Gasteiger partial charge on any atom is -0.376 e. The number of aromatic amines is 1. The number of nitrogens with zero attached hydrogens (tertiary/aromatic N) is 2. The first-order valence-electron chi connectivity index (χ1n) is 5.71. The molecule has 1 aliphatic heterocycles. The summed E-state index contributed by atoms with van der Waals surface area (Å²) in [7, 11) is 0. The van der Waals surface area contributed by atoms with Gasteiger partial charge in [-0.1, -0.05) is 0 Å². The zero-order valence-corrected chi connectivity index (χ0v) is 9.48. The summed E-state index contributed by atoms with van der Waals surface area (Å²) in [5.41, 5.74) is 0.699. The summed E-state index contributed by atoms with van der Waals surface area (Å²) in [6, 6.07) is 1.57. The molecule has 1 fully saturated rings. The fraction of sp³-hybridized carbons (Fsp3) is 0.636. The molecule has 1 N–H and O–H groups in total. The van der Waals surface area contributed by atoms with Crippen LogP contribution in [-0.2, 0) is 4.74 Å². The lowest BCUT2D eigenvalue weighted by molar-refractivity contribution is 0.115. The lowest BCUT2D eigenvalue weighted by atomic mass is 10.2. The zero-order valence-electron chi connectivity index (χ0n) is 9.48. The van der Waals surface area contributed by atoms with Crippen LogP contribution in [0.1, 0.15) is 19.8 Å². The largest absolute Gasteiger partial charge is 0.376 e. The van der Waals surface area contributed by atoms with Crippen LogP contribution in [0.2, 0.25) is 0 Å². The Morgan fingerprint density at radius 3 is 3.19 bits per heavy atom. The Balaban J connectivity index is 2.06. The molecule has 1 atom stereocenters. The zero-order chi connectivity index (χ0) is 11.4. The van der Waals surface area contributed by atoms with Crippen LogP contribution < -0.4 is 10.5 Å². The van der Waals surface area contributed by atoms with Crippen LogP contribution in [0, 0.1) is 0 Å². The molecule has 1 unspecified atom stereocenters. The van der Waals surface area contributed by atoms with Gasteiger partial charge in [-0.15, -0.1) is 0 Å². The van der Waals surface area contributed by atoms with Gasteiger partial charge >= 0.3 is 0 Å². The third-order valence-corrected chi connectivity index (χ3v) is 2.85. The van der Waals surface area contributed by atoms with E-state index in [1.807, 2.05) is 0 Å². The summed E-state index contributed by atoms with van der Waals surface area (Å²) in [4.78, 5) is 13.3. The summed E-state index contributed by atoms with van der Waals surface area (Å²) in [6.07, 6.45) is 4.21. The average molecular weight is 223 g/mol. The van der Waals surface area contributed by atoms with Gasteiger partial charge in [0.1, 0.15) is 0 Å². The molecule has 1 aromatic heterocycles. The van der Waals surface area contributed by atoms with Crippen molar-refractivity contribution in [2.24, 2.45) is 0 Å². The van der Waals surface area contributed by atoms with Crippen LogP contribution in [0.4, 0.5) is 5.69 Å². The molecule has 0 aromatic carbocycles. The van der Waals surface area contributed by atoms with Gasteiger partial charge in [-0.25, -0.2) is 5.10 Å². The lowest BCUT2D eigenvalue weighted by Gasteiger charge is -2.25. The van der Waals surface area contributed by atoms with Gasteiger partial charge < -0.3 is 9.64 Å². The summed E-state index contributed by atoms with van der Waals surface area (Å²) in [6.45, 7) is 4.61. The lowest BCUT2D eigenvalue weighted by Crippen LogP contribution is -2.32. The molecule has 0 radical (unpaired) electrons. The molecule has 2 rings (SSSR count). The van der Waals surface area contributed by atoms with Gasteiger partial charge in [-0.3, -0.25) is 4.79 Å². The first-order valence-corrected chi connectivity index (χ1v) is 5.71. The summed E-state index contributed by atoms with van der Waals surface area (Å²) in [5.74, 6) is 0. The van der Waals surface area contributed by atoms with Crippen LogP contribution in [0.5, 0.6) is 0 Å². The topological polar surface area (TPSA) is 58.2 Å². The van der Waals surface area contributed by atoms with E-state index in [0.29, 0.717) is 6.10 Å². The molecule has 0 bridgehead atoms. The highest BCUT2D eigenvalue weighted by Gasteiger charge is 2.18. The quantitative estimate of drug-likeness (QED) is 0.819. The minimum atomic E-state index is -0.164. The molecule has 2 heterocycles. The van der Waals surface area contributed by atoms with Crippen molar-refractivity contribution in [1.82, 2.24) is 10.2 Å². The fourth-order valence-electron chi connectivity index (χ4n) is 1.99. The summed E-state index contributed by atoms with van der Waals surface area (Å²) < 4.78 is 5.59. The second-order valence-electron chi connectivity index (χ2n) is 3.98. The molecule has 0 saturated carbocycles. The van der Waals surface area contributed by atoms with E-state index in [2.05, 4.69) is 22.0 Å². The van der Waals surface area contributed by atoms with Gasteiger partial charge in [0.15, 0.2) is 0 Å². The maximum Gasteiger partial charge on any atom is 0.266 e. The number of ether oxygens (including phenoxy) is 1. The van der Waals surface area contributed by atoms with E-state index in [0.717, 1.165) is 38.2 Å². The SMILES string of the molecule is CCN(CC1CCCO1)c1cn[nH]c(=O)c1. The Labute approximate surface area is 94.4 Å². The molecular weight excluding hydrogens is 206 g/mol. The van der Waals surface area contributed by atoms with Crippen LogP contribution in [0.3, 0.4) is 0 Å². The number of aromatic nitrogens is 2. The predicted molar refractivity (Wildman–Crippen MR) is 61.7 cm³/mol. The number of nitrogens with one attached hydrogen (secondary N) is 1. The maximum absolute atomic E-state index is 11.2. The minimum absolute atomic E-state index is 0.164. The highest BCUT2D eigenvalue weighted by molar-refractivity contribution is 5.42. The van der Waals surface area contributed by atoms with E-state index in [1.54, 1.807) is 12.3 Å². The van der Waals surface area contributed by atoms with Crippen molar-refractivity contribution in [3.8, 4) is 0 Å². The third kappa shape index (κ3) is 2.61. The number of hydrogen-bond acceptors (Lipinski definition) is 4. The Morgan fingerprint density at radius 2 is 2.56 bits per heavy atom. The maximum atomic E-state index is 11.2. The van der Waals surface area contributed by atoms with Crippen LogP contribution in [-0.4, -0.2) is 36.0 Å². The van der Waals surface area contributed by atoms with Crippen molar-refractivity contribution in [1.29, 1.82) is 0 Å². The van der Waals surface area contributed by atoms with Gasteiger partial charge in [0.2, 0.25) is 0 Å². The Hall–Kier alpha value is -1.36. The Bertz CT molecular complexity index is 385. The first-order chi connectivity index (χ1) is 7.79. The number of anilines is 1. The van der Waals surface area contributed by atoms with Crippen molar-refractivity contribution in [3.63, 3.8) is 0 Å². The molecule has 88 valence electrons. The second-order valence-corrected chi connectivity index (χ2v) is 3.98. The molecular formula is C11H17N3O2. The Kier molecular flexibility index (Phi) is 3.56. The van der Waals surface area contributed by atoms with Gasteiger partial charge in [0.25, 0.3) is 5.56 Å². The van der Waals surface area contributed by atoms with Crippen LogP contribution in [0.15, 0.2) is 17.1 Å². The van der Waals surface area contributed by atoms with E-state index in [-0.39, 0.29) is 5.56 Å². The van der Waals surface area contributed by atoms with E-state index < -0.39 is 0 Å². The van der Waals surface area contributed by atoms with Crippen molar-refractivity contribution in [2.75, 3.05) is 24.6 Å². The summed E-state index contributed by atoms with van der Waals surface area (Å²) in [5, 5.41) is 6.19. The number of rotatable bonds is 4. The highest BCUT2D eigenvalue weighted by atomic mass is 16.5. The van der Waals surface area contributed by atoms with Gasteiger partial charge in [-0.05, 0) is 19.8 Å². The molecule has 0 spiro atoms. The average Bonchev–Trinajstić information content (AvgIpc) is 2.78. The molecule has 16 heavy (non-hydrogen) atoms. The smallest absolute Gasteiger partial charge is 0.266 e. The highest BCUT2D eigenvalue weighted by Crippen LogP contribution is 2.16. The van der Waals surface area contributed by atoms with Crippen molar-refractivity contribution < 1.29 is 4.74 Å². The number of H-pyrrole nitrogens is 1. The van der Waals surface area contributed by atoms with Gasteiger partial charge in [0, 0.05) is 25.8 Å². The van der Waals surface area contributed by atoms with Gasteiger partial charge in [-0.2, -0.15) is 5.10 Å². The fourth-order valence-corrected chi connectivity index (χ4v) is 1.99. The van der Waals surface area contributed by atoms with Crippen LogP contribution in [0.25, 0.3) is 0 Å². The van der Waals surface area contributed by atoms with Crippen molar-refractivity contribution in [3.05, 3.63) is 22.6 Å². The molecule has 5 nitrogen and oxygen atoms in total. The monoisotopic (exact) mass is 223 g/mol. The van der Waals surface area contributed by atoms with Gasteiger partial charge in [0.05, 0.1) is 18.0 Å². The van der Waals surface area contributed by atoms with E-state index >= 15 is 0 Å². The summed E-state index contributed by atoms with van der Waals surface area (Å²) >= 11 is 0. The van der Waals surface area contributed by atoms with Crippen molar-refractivity contribution in [2.45, 2.75) is 25.9 Å². The van der Waals surface area contributed by atoms with E-state index in [4.69, 9.17) is 4.74 Å². The molecule has 1 aromatic rings. The molecule has 0 amide bonds. The first kappa shape index (κ1) is 11.1. The van der Waals surface area contributed by atoms with E-state index in [1.165, 1.54) is 0 Å². The number of likely N-dealkylation sites (N-methyl/N-ethyl adjacent to an activating group) is 1. The molecule has 5 heteroatoms. The molecule has 1 aliphatic rings. The second kappa shape index (κ2) is 5.12. The Morgan fingerprint density at radius 1 is 1.69 bits per heavy atom. The standard InChI is InChI=1S/C11H17N3O2/c1-2-14(8-10-4-3-5-16-10)9-6-11(15)13-12-7-9/h6-7,10H,2-5,8H2,1H3,(H,13,15). The molecule has 0 aliphatic carbocycles. The molecule has 1 saturated heterocycles. The normalized spacial score (nSPS) is 19.9. The number of hydrogen-bond donors (Lipinski definition) is 1. The van der Waals surface area contributed by atoms with Crippen LogP contribution >= 0.6 is 0 Å². The van der Waals surface area contributed by atoms with E-state index in [9.17, 15) is 4.79 Å². The third-order valence-electron chi connectivity index (χ3n) is 2.85. The predicted octanol–water partition coefficient (Wildman–Crippen LogP) is 0.775.